The van der Waals surface area contributed by atoms with E-state index >= 15 is 0 Å². The number of hydrogen-bond acceptors (Lipinski definition) is 3. The molecule has 4 rings (SSSR count). The quantitative estimate of drug-likeness (QED) is 0.546. The first-order valence-corrected chi connectivity index (χ1v) is 13.3. The fourth-order valence-corrected chi connectivity index (χ4v) is 5.81. The highest BCUT2D eigenvalue weighted by Gasteiger charge is 2.34. The van der Waals surface area contributed by atoms with Crippen LogP contribution in [0.4, 0.5) is 0 Å². The van der Waals surface area contributed by atoms with Gasteiger partial charge >= 0.3 is 0 Å². The highest BCUT2D eigenvalue weighted by molar-refractivity contribution is 6.42. The molecule has 2 fully saturated rings. The monoisotopic (exact) mass is 515 g/mol. The second-order valence-corrected chi connectivity index (χ2v) is 11.1. The van der Waals surface area contributed by atoms with Crippen molar-refractivity contribution in [1.82, 2.24) is 15.1 Å². The van der Waals surface area contributed by atoms with E-state index in [4.69, 9.17) is 23.2 Å². The third kappa shape index (κ3) is 6.38. The average Bonchev–Trinajstić information content (AvgIpc) is 2.83. The van der Waals surface area contributed by atoms with Crippen molar-refractivity contribution >= 4 is 35.0 Å². The van der Waals surface area contributed by atoms with Crippen LogP contribution in [0.1, 0.15) is 65.7 Å². The summed E-state index contributed by atoms with van der Waals surface area (Å²) in [4.78, 5) is 30.5. The largest absolute Gasteiger partial charge is 0.334 e. The number of carbonyl (C=O) groups excluding carboxylic acids is 2. The molecule has 1 aliphatic heterocycles. The number of rotatable bonds is 5. The molecule has 0 radical (unpaired) electrons. The molecular weight excluding hydrogens is 481 g/mol. The van der Waals surface area contributed by atoms with E-state index in [1.54, 1.807) is 6.07 Å². The van der Waals surface area contributed by atoms with E-state index in [-0.39, 0.29) is 17.9 Å². The van der Waals surface area contributed by atoms with Crippen LogP contribution >= 0.6 is 23.2 Å². The molecule has 1 heterocycles. The zero-order valence-electron chi connectivity index (χ0n) is 20.8. The minimum absolute atomic E-state index is 0.0109. The number of benzene rings is 2. The van der Waals surface area contributed by atoms with Crippen LogP contribution in [0.2, 0.25) is 10.0 Å². The van der Waals surface area contributed by atoms with Gasteiger partial charge in [0.15, 0.2) is 0 Å². The second kappa shape index (κ2) is 11.3. The molecule has 0 bridgehead atoms. The van der Waals surface area contributed by atoms with Crippen LogP contribution in [0.25, 0.3) is 0 Å². The standard InChI is InChI=1S/C28H35Cl2N3O2/c1-18-5-4-6-23(14-18)31-16-27(34)33-10-9-32(28(35)22-12-19(2)11-20(3)13-22)17-26(33)21-7-8-24(29)25(30)15-21/h7-8,11-13,15,18,23,26,31H,4-6,9-10,14,16-17H2,1-3H3. The van der Waals surface area contributed by atoms with E-state index in [9.17, 15) is 9.59 Å². The summed E-state index contributed by atoms with van der Waals surface area (Å²) in [5, 5.41) is 4.42. The van der Waals surface area contributed by atoms with E-state index in [1.807, 2.05) is 47.9 Å². The van der Waals surface area contributed by atoms with Crippen molar-refractivity contribution in [1.29, 1.82) is 0 Å². The first kappa shape index (κ1) is 26.0. The highest BCUT2D eigenvalue weighted by Crippen LogP contribution is 2.32. The maximum Gasteiger partial charge on any atom is 0.254 e. The molecule has 35 heavy (non-hydrogen) atoms. The van der Waals surface area contributed by atoms with Gasteiger partial charge in [-0.15, -0.1) is 0 Å². The topological polar surface area (TPSA) is 52.7 Å². The number of carbonyl (C=O) groups is 2. The fourth-order valence-electron chi connectivity index (χ4n) is 5.50. The van der Waals surface area contributed by atoms with Gasteiger partial charge in [-0.25, -0.2) is 0 Å². The molecule has 0 aromatic heterocycles. The molecule has 0 spiro atoms. The van der Waals surface area contributed by atoms with Gasteiger partial charge < -0.3 is 15.1 Å². The molecule has 1 saturated heterocycles. The third-order valence-corrected chi connectivity index (χ3v) is 8.00. The normalized spacial score (nSPS) is 22.8. The van der Waals surface area contributed by atoms with E-state index in [1.165, 1.54) is 12.8 Å². The lowest BCUT2D eigenvalue weighted by Crippen LogP contribution is -2.54. The highest BCUT2D eigenvalue weighted by atomic mass is 35.5. The number of piperazine rings is 1. The van der Waals surface area contributed by atoms with Gasteiger partial charge in [0.2, 0.25) is 5.91 Å². The molecule has 1 aliphatic carbocycles. The zero-order chi connectivity index (χ0) is 25.1. The predicted octanol–water partition coefficient (Wildman–Crippen LogP) is 5.80. The first-order chi connectivity index (χ1) is 16.7. The van der Waals surface area contributed by atoms with Crippen LogP contribution in [0, 0.1) is 19.8 Å². The van der Waals surface area contributed by atoms with Crippen molar-refractivity contribution in [2.75, 3.05) is 26.2 Å². The van der Waals surface area contributed by atoms with Gasteiger partial charge in [-0.1, -0.05) is 66.2 Å². The second-order valence-electron chi connectivity index (χ2n) is 10.3. The molecule has 2 aromatic rings. The first-order valence-electron chi connectivity index (χ1n) is 12.6. The Morgan fingerprint density at radius 3 is 2.43 bits per heavy atom. The Bertz CT molecular complexity index is 1070. The van der Waals surface area contributed by atoms with Gasteiger partial charge in [0.25, 0.3) is 5.91 Å². The number of halogens is 2. The molecule has 1 saturated carbocycles. The summed E-state index contributed by atoms with van der Waals surface area (Å²) in [6.07, 6.45) is 4.70. The molecule has 2 aromatic carbocycles. The number of nitrogens with zero attached hydrogens (tertiary/aromatic N) is 2. The Hall–Kier alpha value is -2.08. The molecule has 5 nitrogen and oxygen atoms in total. The SMILES string of the molecule is Cc1cc(C)cc(C(=O)N2CCN(C(=O)CNC3CCCC(C)C3)C(c3ccc(Cl)c(Cl)c3)C2)c1. The summed E-state index contributed by atoms with van der Waals surface area (Å²) in [7, 11) is 0. The van der Waals surface area contributed by atoms with Gasteiger partial charge in [0.1, 0.15) is 0 Å². The van der Waals surface area contributed by atoms with Crippen LogP contribution in [0.3, 0.4) is 0 Å². The predicted molar refractivity (Wildman–Crippen MR) is 142 cm³/mol. The molecular formula is C28H35Cl2N3O2. The molecule has 3 unspecified atom stereocenters. The Morgan fingerprint density at radius 2 is 1.74 bits per heavy atom. The molecule has 3 atom stereocenters. The molecule has 2 aliphatic rings. The van der Waals surface area contributed by atoms with E-state index < -0.39 is 0 Å². The van der Waals surface area contributed by atoms with Crippen LogP contribution in [-0.2, 0) is 4.79 Å². The maximum atomic E-state index is 13.4. The molecule has 1 N–H and O–H groups in total. The Balaban J connectivity index is 1.53. The van der Waals surface area contributed by atoms with Crippen molar-refractivity contribution in [3.05, 3.63) is 68.7 Å². The summed E-state index contributed by atoms with van der Waals surface area (Å²) in [6, 6.07) is 11.5. The van der Waals surface area contributed by atoms with Gasteiger partial charge in [-0.3, -0.25) is 9.59 Å². The minimum Gasteiger partial charge on any atom is -0.334 e. The lowest BCUT2D eigenvalue weighted by molar-refractivity contribution is -0.135. The Labute approximate surface area is 218 Å². The van der Waals surface area contributed by atoms with E-state index in [0.29, 0.717) is 53.7 Å². The Morgan fingerprint density at radius 1 is 1.00 bits per heavy atom. The average molecular weight is 517 g/mol. The number of hydrogen-bond donors (Lipinski definition) is 1. The fraction of sp³-hybridized carbons (Fsp3) is 0.500. The number of nitrogens with one attached hydrogen (secondary N) is 1. The van der Waals surface area contributed by atoms with Crippen LogP contribution in [0.15, 0.2) is 36.4 Å². The van der Waals surface area contributed by atoms with Gasteiger partial charge in [0, 0.05) is 31.2 Å². The number of amides is 2. The molecule has 7 heteroatoms. The van der Waals surface area contributed by atoms with Crippen LogP contribution in [0.5, 0.6) is 0 Å². The lowest BCUT2D eigenvalue weighted by Gasteiger charge is -2.42. The summed E-state index contributed by atoms with van der Waals surface area (Å²) >= 11 is 12.5. The molecule has 2 amide bonds. The Kier molecular flexibility index (Phi) is 8.41. The number of aryl methyl sites for hydroxylation is 2. The van der Waals surface area contributed by atoms with Crippen molar-refractivity contribution in [3.8, 4) is 0 Å². The van der Waals surface area contributed by atoms with Crippen LogP contribution < -0.4 is 5.32 Å². The third-order valence-electron chi connectivity index (χ3n) is 7.26. The smallest absolute Gasteiger partial charge is 0.254 e. The zero-order valence-corrected chi connectivity index (χ0v) is 22.3. The van der Waals surface area contributed by atoms with Gasteiger partial charge in [0.05, 0.1) is 22.6 Å². The van der Waals surface area contributed by atoms with Crippen molar-refractivity contribution in [3.63, 3.8) is 0 Å². The lowest BCUT2D eigenvalue weighted by atomic mass is 9.87. The summed E-state index contributed by atoms with van der Waals surface area (Å²) in [5.74, 6) is 0.737. The molecule has 188 valence electrons. The van der Waals surface area contributed by atoms with E-state index in [0.717, 1.165) is 29.5 Å². The van der Waals surface area contributed by atoms with Crippen molar-refractivity contribution in [2.24, 2.45) is 5.92 Å². The summed E-state index contributed by atoms with van der Waals surface area (Å²) < 4.78 is 0. The summed E-state index contributed by atoms with van der Waals surface area (Å²) in [6.45, 7) is 7.97. The summed E-state index contributed by atoms with van der Waals surface area (Å²) in [5.41, 5.74) is 3.69. The van der Waals surface area contributed by atoms with Crippen LogP contribution in [-0.4, -0.2) is 53.8 Å². The van der Waals surface area contributed by atoms with Crippen molar-refractivity contribution in [2.45, 2.75) is 58.5 Å². The van der Waals surface area contributed by atoms with E-state index in [2.05, 4.69) is 18.3 Å². The maximum absolute atomic E-state index is 13.4. The minimum atomic E-state index is -0.284. The van der Waals surface area contributed by atoms with Gasteiger partial charge in [-0.05, 0) is 62.4 Å². The van der Waals surface area contributed by atoms with Gasteiger partial charge in [-0.2, -0.15) is 0 Å². The van der Waals surface area contributed by atoms with Crippen molar-refractivity contribution < 1.29 is 9.59 Å².